The summed E-state index contributed by atoms with van der Waals surface area (Å²) in [6, 6.07) is 14.0. The van der Waals surface area contributed by atoms with Crippen LogP contribution in [0.5, 0.6) is 0 Å². The highest BCUT2D eigenvalue weighted by molar-refractivity contribution is 5.88. The summed E-state index contributed by atoms with van der Waals surface area (Å²) in [5, 5.41) is 15.1. The largest absolute Gasteiger partial charge is 0.444 e. The number of benzene rings is 1. The lowest BCUT2D eigenvalue weighted by Gasteiger charge is -2.33. The number of hydrogen-bond acceptors (Lipinski definition) is 6. The topological polar surface area (TPSA) is 96.9 Å². The van der Waals surface area contributed by atoms with Gasteiger partial charge >= 0.3 is 6.09 Å². The lowest BCUT2D eigenvalue weighted by molar-refractivity contribution is 0.0204. The molecule has 0 spiro atoms. The van der Waals surface area contributed by atoms with E-state index >= 15 is 0 Å². The number of hydrogen-bond donors (Lipinski definition) is 0. The van der Waals surface area contributed by atoms with Gasteiger partial charge in [-0.1, -0.05) is 0 Å². The number of piperidine rings is 1. The first kappa shape index (κ1) is 22.8. The number of pyridine rings is 2. The second kappa shape index (κ2) is 8.66. The molecule has 8 nitrogen and oxygen atoms in total. The molecule has 8 heteroatoms. The van der Waals surface area contributed by atoms with E-state index in [0.717, 1.165) is 51.7 Å². The fraction of sp³-hybridized carbons (Fsp3) is 0.370. The molecule has 1 fully saturated rings. The number of nitrogens with zero attached hydrogens (tertiary/aromatic N) is 6. The Balaban J connectivity index is 1.36. The number of aryl methyl sites for hydroxylation is 1. The molecule has 5 rings (SSSR count). The number of rotatable bonds is 2. The number of aromatic nitrogens is 4. The molecule has 178 valence electrons. The number of carbonyl (C=O) groups excluding carboxylic acids is 1. The zero-order chi connectivity index (χ0) is 24.7. The Kier molecular flexibility index (Phi) is 5.64. The number of fused-ring (bicyclic) bond motifs is 2. The van der Waals surface area contributed by atoms with Crippen LogP contribution in [-0.4, -0.2) is 49.4 Å². The van der Waals surface area contributed by atoms with Crippen LogP contribution in [0.1, 0.15) is 50.8 Å². The predicted molar refractivity (Wildman–Crippen MR) is 134 cm³/mol. The van der Waals surface area contributed by atoms with Crippen LogP contribution in [0.4, 0.5) is 4.79 Å². The van der Waals surface area contributed by atoms with Crippen LogP contribution in [0.3, 0.4) is 0 Å². The summed E-state index contributed by atoms with van der Waals surface area (Å²) >= 11 is 0. The van der Waals surface area contributed by atoms with Crippen molar-refractivity contribution in [1.82, 2.24) is 24.6 Å². The Hall–Kier alpha value is -3.99. The molecule has 0 radical (unpaired) electrons. The quantitative estimate of drug-likeness (QED) is 0.403. The minimum atomic E-state index is -0.489. The first-order valence-electron chi connectivity index (χ1n) is 11.8. The van der Waals surface area contributed by atoms with Crippen LogP contribution < -0.4 is 0 Å². The van der Waals surface area contributed by atoms with E-state index in [4.69, 9.17) is 14.7 Å². The van der Waals surface area contributed by atoms with Gasteiger partial charge in [0.1, 0.15) is 5.60 Å². The van der Waals surface area contributed by atoms with Crippen molar-refractivity contribution in [2.24, 2.45) is 7.05 Å². The number of carbonyl (C=O) groups is 1. The van der Waals surface area contributed by atoms with Crippen molar-refractivity contribution in [3.8, 4) is 17.3 Å². The average molecular weight is 469 g/mol. The zero-order valence-electron chi connectivity index (χ0n) is 20.4. The van der Waals surface area contributed by atoms with Gasteiger partial charge in [-0.15, -0.1) is 0 Å². The predicted octanol–water partition coefficient (Wildman–Crippen LogP) is 5.17. The third-order valence-corrected chi connectivity index (χ3v) is 6.28. The first-order valence-corrected chi connectivity index (χ1v) is 11.8. The van der Waals surface area contributed by atoms with Crippen LogP contribution in [0.25, 0.3) is 33.2 Å². The van der Waals surface area contributed by atoms with E-state index in [2.05, 4.69) is 11.2 Å². The lowest BCUT2D eigenvalue weighted by Crippen LogP contribution is -2.41. The minimum Gasteiger partial charge on any atom is -0.444 e. The van der Waals surface area contributed by atoms with E-state index in [1.807, 2.05) is 70.4 Å². The Morgan fingerprint density at radius 2 is 1.77 bits per heavy atom. The van der Waals surface area contributed by atoms with Gasteiger partial charge in [0.25, 0.3) is 0 Å². The maximum absolute atomic E-state index is 12.4. The Morgan fingerprint density at radius 3 is 2.49 bits per heavy atom. The van der Waals surface area contributed by atoms with Crippen molar-refractivity contribution in [3.63, 3.8) is 0 Å². The van der Waals surface area contributed by atoms with Gasteiger partial charge in [0.05, 0.1) is 33.9 Å². The van der Waals surface area contributed by atoms with Crippen molar-refractivity contribution < 1.29 is 9.53 Å². The summed E-state index contributed by atoms with van der Waals surface area (Å²) in [5.41, 5.74) is 4.99. The molecule has 1 amide bonds. The van der Waals surface area contributed by atoms with E-state index in [1.54, 1.807) is 9.58 Å². The number of ether oxygens (including phenoxy) is 1. The molecule has 0 saturated carbocycles. The molecule has 3 aromatic heterocycles. The molecule has 0 atom stereocenters. The molecule has 4 aromatic rings. The molecule has 1 aliphatic rings. The van der Waals surface area contributed by atoms with Crippen molar-refractivity contribution in [2.75, 3.05) is 13.1 Å². The highest BCUT2D eigenvalue weighted by atomic mass is 16.6. The van der Waals surface area contributed by atoms with Gasteiger partial charge in [0.2, 0.25) is 0 Å². The van der Waals surface area contributed by atoms with Gasteiger partial charge in [-0.05, 0) is 70.0 Å². The molecular weight excluding hydrogens is 440 g/mol. The molecule has 4 heterocycles. The molecule has 1 saturated heterocycles. The van der Waals surface area contributed by atoms with Gasteiger partial charge in [-0.25, -0.2) is 9.78 Å². The van der Waals surface area contributed by atoms with Crippen molar-refractivity contribution in [2.45, 2.75) is 45.1 Å². The third-order valence-electron chi connectivity index (χ3n) is 6.28. The molecular formula is C27H28N6O2. The van der Waals surface area contributed by atoms with E-state index < -0.39 is 5.60 Å². The SMILES string of the molecule is Cn1cc2cc(-c3ccc4nc(C5CCN(C(=O)OC(C)(C)C)CC5)ccc4n3)c(C#N)cc2n1. The van der Waals surface area contributed by atoms with E-state index in [9.17, 15) is 10.1 Å². The van der Waals surface area contributed by atoms with Crippen LogP contribution in [0.15, 0.2) is 42.6 Å². The van der Waals surface area contributed by atoms with Crippen LogP contribution >= 0.6 is 0 Å². The highest BCUT2D eigenvalue weighted by Crippen LogP contribution is 2.31. The monoisotopic (exact) mass is 468 g/mol. The molecule has 0 N–H and O–H groups in total. The summed E-state index contributed by atoms with van der Waals surface area (Å²) in [6.45, 7) is 6.96. The number of likely N-dealkylation sites (tertiary alicyclic amines) is 1. The number of amides is 1. The lowest BCUT2D eigenvalue weighted by atomic mass is 9.93. The molecule has 0 aliphatic carbocycles. The van der Waals surface area contributed by atoms with Gasteiger partial charge in [-0.3, -0.25) is 9.67 Å². The van der Waals surface area contributed by atoms with Crippen molar-refractivity contribution in [1.29, 1.82) is 5.26 Å². The normalized spacial score (nSPS) is 14.9. The second-order valence-corrected chi connectivity index (χ2v) is 10.1. The number of nitriles is 1. The second-order valence-electron chi connectivity index (χ2n) is 10.1. The fourth-order valence-corrected chi connectivity index (χ4v) is 4.59. The summed E-state index contributed by atoms with van der Waals surface area (Å²) in [4.78, 5) is 23.8. The minimum absolute atomic E-state index is 0.250. The van der Waals surface area contributed by atoms with Crippen LogP contribution in [0.2, 0.25) is 0 Å². The van der Waals surface area contributed by atoms with Crippen LogP contribution in [-0.2, 0) is 11.8 Å². The molecule has 1 aromatic carbocycles. The molecule has 1 aliphatic heterocycles. The average Bonchev–Trinajstić information content (AvgIpc) is 3.20. The summed E-state index contributed by atoms with van der Waals surface area (Å²) in [7, 11) is 1.87. The van der Waals surface area contributed by atoms with Gasteiger partial charge in [0, 0.05) is 48.9 Å². The summed E-state index contributed by atoms with van der Waals surface area (Å²) < 4.78 is 7.25. The maximum Gasteiger partial charge on any atom is 0.410 e. The molecule has 35 heavy (non-hydrogen) atoms. The van der Waals surface area contributed by atoms with E-state index in [-0.39, 0.29) is 12.0 Å². The first-order chi connectivity index (χ1) is 16.7. The van der Waals surface area contributed by atoms with Gasteiger partial charge in [0.15, 0.2) is 0 Å². The summed E-state index contributed by atoms with van der Waals surface area (Å²) in [6.07, 6.45) is 3.38. The van der Waals surface area contributed by atoms with E-state index in [0.29, 0.717) is 18.7 Å². The Labute approximate surface area is 204 Å². The highest BCUT2D eigenvalue weighted by Gasteiger charge is 2.28. The van der Waals surface area contributed by atoms with E-state index in [1.165, 1.54) is 0 Å². The smallest absolute Gasteiger partial charge is 0.410 e. The Morgan fingerprint density at radius 1 is 1.06 bits per heavy atom. The van der Waals surface area contributed by atoms with Gasteiger partial charge in [-0.2, -0.15) is 10.4 Å². The molecule has 0 unspecified atom stereocenters. The Bertz CT molecular complexity index is 1470. The summed E-state index contributed by atoms with van der Waals surface area (Å²) in [5.74, 6) is 0.288. The van der Waals surface area contributed by atoms with Gasteiger partial charge < -0.3 is 9.64 Å². The maximum atomic E-state index is 12.4. The van der Waals surface area contributed by atoms with Crippen molar-refractivity contribution in [3.05, 3.63) is 53.9 Å². The molecule has 0 bridgehead atoms. The van der Waals surface area contributed by atoms with Crippen LogP contribution in [0, 0.1) is 11.3 Å². The third kappa shape index (κ3) is 4.67. The zero-order valence-corrected chi connectivity index (χ0v) is 20.4. The fourth-order valence-electron chi connectivity index (χ4n) is 4.59. The standard InChI is InChI=1S/C27H28N6O2/c1-27(2,3)35-26(34)33-11-9-17(10-12-33)21-5-7-24-23(29-21)8-6-22(30-24)20-13-19-16-32(4)31-25(19)14-18(20)15-28/h5-8,13-14,16-17H,9-12H2,1-4H3. The van der Waals surface area contributed by atoms with Crippen molar-refractivity contribution >= 4 is 28.0 Å².